The zero-order chi connectivity index (χ0) is 23.2. The lowest BCUT2D eigenvalue weighted by Crippen LogP contribution is -2.39. The van der Waals surface area contributed by atoms with Crippen molar-refractivity contribution in [3.05, 3.63) is 59.7 Å². The van der Waals surface area contributed by atoms with Gasteiger partial charge in [0.05, 0.1) is 12.0 Å². The summed E-state index contributed by atoms with van der Waals surface area (Å²) in [6.45, 7) is 11.2. The normalized spacial score (nSPS) is 21.8. The van der Waals surface area contributed by atoms with E-state index in [2.05, 4.69) is 25.1 Å². The van der Waals surface area contributed by atoms with Gasteiger partial charge >= 0.3 is 12.1 Å². The average molecular weight is 430 g/mol. The molecule has 1 amide bonds. The van der Waals surface area contributed by atoms with Gasteiger partial charge in [-0.1, -0.05) is 61.1 Å². The van der Waals surface area contributed by atoms with Gasteiger partial charge in [-0.15, -0.1) is 5.06 Å². The highest BCUT2D eigenvalue weighted by Crippen LogP contribution is 2.26. The summed E-state index contributed by atoms with van der Waals surface area (Å²) in [5.41, 5.74) is 1.56. The van der Waals surface area contributed by atoms with Crippen LogP contribution in [0.3, 0.4) is 0 Å². The summed E-state index contributed by atoms with van der Waals surface area (Å²) >= 11 is 0. The molecule has 6 nitrogen and oxygen atoms in total. The highest BCUT2D eigenvalue weighted by Gasteiger charge is 2.43. The minimum atomic E-state index is -0.678. The van der Waals surface area contributed by atoms with Gasteiger partial charge in [0.15, 0.2) is 0 Å². The summed E-state index contributed by atoms with van der Waals surface area (Å²) in [5, 5.41) is 1.03. The van der Waals surface area contributed by atoms with E-state index in [1.54, 1.807) is 34.8 Å². The third kappa shape index (κ3) is 7.24. The lowest BCUT2D eigenvalue weighted by atomic mass is 9.95. The van der Waals surface area contributed by atoms with Gasteiger partial charge in [0.1, 0.15) is 11.6 Å². The molecule has 1 heterocycles. The van der Waals surface area contributed by atoms with Crippen molar-refractivity contribution in [2.45, 2.75) is 65.7 Å². The minimum absolute atomic E-state index is 0.0410. The van der Waals surface area contributed by atoms with Gasteiger partial charge in [0, 0.05) is 13.0 Å². The Hall–Kier alpha value is -2.60. The van der Waals surface area contributed by atoms with E-state index in [1.807, 2.05) is 37.3 Å². The van der Waals surface area contributed by atoms with E-state index in [0.717, 1.165) is 17.1 Å². The van der Waals surface area contributed by atoms with Crippen molar-refractivity contribution in [1.82, 2.24) is 5.06 Å². The molecule has 0 radical (unpaired) electrons. The molecule has 1 aromatic rings. The van der Waals surface area contributed by atoms with Gasteiger partial charge in [-0.2, -0.15) is 0 Å². The Kier molecular flexibility index (Phi) is 8.45. The van der Waals surface area contributed by atoms with Crippen LogP contribution < -0.4 is 0 Å². The highest BCUT2D eigenvalue weighted by molar-refractivity contribution is 5.80. The van der Waals surface area contributed by atoms with E-state index in [1.165, 1.54) is 5.56 Å². The van der Waals surface area contributed by atoms with E-state index in [4.69, 9.17) is 14.3 Å². The summed E-state index contributed by atoms with van der Waals surface area (Å²) in [6, 6.07) is 9.72. The molecule has 1 aromatic carbocycles. The molecule has 0 unspecified atom stereocenters. The lowest BCUT2D eigenvalue weighted by molar-refractivity contribution is -0.169. The first-order chi connectivity index (χ1) is 14.5. The first-order valence-corrected chi connectivity index (χ1v) is 10.7. The maximum Gasteiger partial charge on any atom is 0.444 e. The predicted molar refractivity (Wildman–Crippen MR) is 120 cm³/mol. The van der Waals surface area contributed by atoms with Crippen molar-refractivity contribution in [3.63, 3.8) is 0 Å². The molecule has 6 heteroatoms. The molecule has 0 bridgehead atoms. The number of amides is 1. The fourth-order valence-electron chi connectivity index (χ4n) is 3.45. The molecule has 1 fully saturated rings. The van der Waals surface area contributed by atoms with E-state index in [0.29, 0.717) is 0 Å². The molecule has 31 heavy (non-hydrogen) atoms. The number of rotatable bonds is 7. The van der Waals surface area contributed by atoms with Crippen LogP contribution in [0, 0.1) is 11.8 Å². The van der Waals surface area contributed by atoms with Crippen LogP contribution in [0.4, 0.5) is 4.79 Å². The summed E-state index contributed by atoms with van der Waals surface area (Å²) in [6.07, 6.45) is 6.05. The monoisotopic (exact) mass is 429 g/mol. The number of methoxy groups -OCH3 is 1. The number of carbonyl (C=O) groups is 2. The average Bonchev–Trinajstić information content (AvgIpc) is 2.98. The van der Waals surface area contributed by atoms with Crippen LogP contribution in [-0.4, -0.2) is 42.0 Å². The Bertz CT molecular complexity index is 809. The number of nitrogens with zero attached hydrogens (tertiary/aromatic N) is 1. The van der Waals surface area contributed by atoms with E-state index in [9.17, 15) is 9.59 Å². The highest BCUT2D eigenvalue weighted by atomic mass is 16.8. The number of allylic oxidation sites excluding steroid dienone is 2. The van der Waals surface area contributed by atoms with Crippen molar-refractivity contribution in [1.29, 1.82) is 0 Å². The molecule has 0 N–H and O–H groups in total. The summed E-state index contributed by atoms with van der Waals surface area (Å²) in [7, 11) is 1.73. The quantitative estimate of drug-likeness (QED) is 0.565. The summed E-state index contributed by atoms with van der Waals surface area (Å²) in [4.78, 5) is 29.7. The zero-order valence-corrected chi connectivity index (χ0v) is 19.6. The Labute approximate surface area is 185 Å². The molecule has 0 aromatic heterocycles. The Morgan fingerprint density at radius 3 is 2.48 bits per heavy atom. The van der Waals surface area contributed by atoms with Crippen LogP contribution in [0.25, 0.3) is 0 Å². The van der Waals surface area contributed by atoms with Crippen molar-refractivity contribution >= 4 is 12.1 Å². The largest absolute Gasteiger partial charge is 0.444 e. The van der Waals surface area contributed by atoms with Gasteiger partial charge < -0.3 is 14.3 Å². The van der Waals surface area contributed by atoms with Gasteiger partial charge in [0.25, 0.3) is 0 Å². The van der Waals surface area contributed by atoms with Crippen molar-refractivity contribution < 1.29 is 23.9 Å². The number of hydrogen-bond donors (Lipinski definition) is 0. The Morgan fingerprint density at radius 1 is 1.26 bits per heavy atom. The molecule has 4 atom stereocenters. The smallest absolute Gasteiger partial charge is 0.442 e. The van der Waals surface area contributed by atoms with Crippen LogP contribution in [0.5, 0.6) is 0 Å². The number of carbonyl (C=O) groups excluding carboxylic acids is 2. The van der Waals surface area contributed by atoms with E-state index in [-0.39, 0.29) is 12.0 Å². The second-order valence-electron chi connectivity index (χ2n) is 9.09. The van der Waals surface area contributed by atoms with Gasteiger partial charge in [0.2, 0.25) is 0 Å². The lowest BCUT2D eigenvalue weighted by Gasteiger charge is -2.25. The Balaban J connectivity index is 2.09. The molecular weight excluding hydrogens is 394 g/mol. The topological polar surface area (TPSA) is 65.1 Å². The van der Waals surface area contributed by atoms with Gasteiger partial charge in [-0.05, 0) is 46.6 Å². The van der Waals surface area contributed by atoms with Crippen molar-refractivity contribution in [2.75, 3.05) is 7.11 Å². The van der Waals surface area contributed by atoms with Crippen LogP contribution in [-0.2, 0) is 25.5 Å². The number of hydrogen-bond acceptors (Lipinski definition) is 5. The first-order valence-electron chi connectivity index (χ1n) is 10.7. The molecular formula is C25H35NO5. The second kappa shape index (κ2) is 10.6. The van der Waals surface area contributed by atoms with Crippen LogP contribution >= 0.6 is 0 Å². The molecule has 1 aliphatic heterocycles. The van der Waals surface area contributed by atoms with Gasteiger partial charge in [-0.25, -0.2) is 9.59 Å². The molecule has 0 saturated carbocycles. The van der Waals surface area contributed by atoms with Crippen LogP contribution in [0.15, 0.2) is 54.1 Å². The third-order valence-corrected chi connectivity index (χ3v) is 5.17. The summed E-state index contributed by atoms with van der Waals surface area (Å²) < 4.78 is 11.1. The molecule has 170 valence electrons. The van der Waals surface area contributed by atoms with Crippen molar-refractivity contribution in [2.24, 2.45) is 11.8 Å². The number of hydroxylamine groups is 2. The molecule has 0 aliphatic carbocycles. The SMILES string of the molecule is CO[C@@H](Cc1ccccc1)[C@@H](C)/C=C(C)/C=C/[C@H]1[C@H](C)C(=O)ON1C(=O)OC(C)(C)C. The Morgan fingerprint density at radius 2 is 1.90 bits per heavy atom. The first kappa shape index (κ1) is 24.7. The molecule has 1 saturated heterocycles. The third-order valence-electron chi connectivity index (χ3n) is 5.17. The standard InChI is InChI=1S/C25H35NO5/c1-17(15-18(2)22(29-7)16-20-11-9-8-10-12-20)13-14-21-19(3)23(27)31-26(21)24(28)30-25(4,5)6/h8-15,18-19,21-22H,16H2,1-7H3/b14-13+,17-15+/t18-,19-,21-,22-/m0/s1. The zero-order valence-electron chi connectivity index (χ0n) is 19.6. The van der Waals surface area contributed by atoms with Crippen molar-refractivity contribution in [3.8, 4) is 0 Å². The minimum Gasteiger partial charge on any atom is -0.442 e. The van der Waals surface area contributed by atoms with Crippen LogP contribution in [0.1, 0.15) is 47.1 Å². The molecule has 2 rings (SSSR count). The van der Waals surface area contributed by atoms with Crippen LogP contribution in [0.2, 0.25) is 0 Å². The van der Waals surface area contributed by atoms with Gasteiger partial charge in [-0.3, -0.25) is 0 Å². The fraction of sp³-hybridized carbons (Fsp3) is 0.520. The number of ether oxygens (including phenoxy) is 2. The maximum atomic E-state index is 12.4. The molecule has 1 aliphatic rings. The summed E-state index contributed by atoms with van der Waals surface area (Å²) in [5.74, 6) is -0.743. The van der Waals surface area contributed by atoms with E-state index < -0.39 is 29.6 Å². The maximum absolute atomic E-state index is 12.4. The second-order valence-corrected chi connectivity index (χ2v) is 9.09. The predicted octanol–water partition coefficient (Wildman–Crippen LogP) is 5.10. The van der Waals surface area contributed by atoms with E-state index >= 15 is 0 Å². The molecule has 0 spiro atoms. The fourth-order valence-corrected chi connectivity index (χ4v) is 3.45. The number of benzene rings is 1.